The minimum absolute atomic E-state index is 0.552. The summed E-state index contributed by atoms with van der Waals surface area (Å²) >= 11 is 0. The highest BCUT2D eigenvalue weighted by atomic mass is 16.5. The van der Waals surface area contributed by atoms with Crippen LogP contribution in [0.1, 0.15) is 25.0 Å². The van der Waals surface area contributed by atoms with E-state index in [1.807, 2.05) is 6.92 Å². The largest absolute Gasteiger partial charge is 0.496 e. The lowest BCUT2D eigenvalue weighted by Gasteiger charge is -2.23. The van der Waals surface area contributed by atoms with E-state index in [-0.39, 0.29) is 0 Å². The number of methoxy groups -OCH3 is 1. The van der Waals surface area contributed by atoms with Gasteiger partial charge < -0.3 is 20.5 Å². The average Bonchev–Trinajstić information content (AvgIpc) is 2.78. The van der Waals surface area contributed by atoms with Gasteiger partial charge >= 0.3 is 12.0 Å². The molecule has 0 radical (unpaired) electrons. The van der Waals surface area contributed by atoms with Crippen LogP contribution in [0.4, 0.5) is 4.79 Å². The standard InChI is InChI=1S/C17H21N3O6/c1-9-7-11(5-6-12(9)26-4)17(3)15(24)20(16(25)19-17)8-13(21)18-10(2)14(22)23/h5-7,10H,8H2,1-4H3,(H,18,21)(H,19,25)(H,22,23). The summed E-state index contributed by atoms with van der Waals surface area (Å²) in [6.45, 7) is 4.08. The highest BCUT2D eigenvalue weighted by Gasteiger charge is 2.49. The van der Waals surface area contributed by atoms with Crippen LogP contribution in [0.25, 0.3) is 0 Å². The van der Waals surface area contributed by atoms with Gasteiger partial charge in [-0.05, 0) is 44.0 Å². The second kappa shape index (κ2) is 7.03. The maximum absolute atomic E-state index is 12.8. The first-order valence-corrected chi connectivity index (χ1v) is 7.91. The summed E-state index contributed by atoms with van der Waals surface area (Å²) in [7, 11) is 1.53. The Morgan fingerprint density at radius 1 is 1.38 bits per heavy atom. The molecule has 1 aliphatic rings. The number of nitrogens with zero attached hydrogens (tertiary/aromatic N) is 1. The lowest BCUT2D eigenvalue weighted by Crippen LogP contribution is -2.46. The summed E-state index contributed by atoms with van der Waals surface area (Å²) in [6, 6.07) is 3.25. The van der Waals surface area contributed by atoms with Crippen LogP contribution in [0.3, 0.4) is 0 Å². The SMILES string of the molecule is COc1ccc(C2(C)NC(=O)N(CC(=O)NC(C)C(=O)O)C2=O)cc1C. The van der Waals surface area contributed by atoms with Gasteiger partial charge in [0.2, 0.25) is 5.91 Å². The van der Waals surface area contributed by atoms with E-state index in [9.17, 15) is 19.2 Å². The first-order chi connectivity index (χ1) is 12.1. The fourth-order valence-electron chi connectivity index (χ4n) is 2.72. The number of carboxylic acid groups (broad SMARTS) is 1. The van der Waals surface area contributed by atoms with Crippen molar-refractivity contribution in [1.82, 2.24) is 15.5 Å². The third kappa shape index (κ3) is 3.46. The number of hydrogen-bond acceptors (Lipinski definition) is 5. The zero-order chi connectivity index (χ0) is 19.6. The van der Waals surface area contributed by atoms with Gasteiger partial charge in [-0.3, -0.25) is 19.3 Å². The van der Waals surface area contributed by atoms with Crippen molar-refractivity contribution in [2.75, 3.05) is 13.7 Å². The van der Waals surface area contributed by atoms with E-state index >= 15 is 0 Å². The molecule has 9 nitrogen and oxygen atoms in total. The van der Waals surface area contributed by atoms with Gasteiger partial charge in [0.05, 0.1) is 7.11 Å². The number of ether oxygens (including phenoxy) is 1. The third-order valence-corrected chi connectivity index (χ3v) is 4.30. The van der Waals surface area contributed by atoms with Gasteiger partial charge in [-0.25, -0.2) is 4.79 Å². The maximum Gasteiger partial charge on any atom is 0.325 e. The molecular weight excluding hydrogens is 342 g/mol. The predicted octanol–water partition coefficient (Wildman–Crippen LogP) is 0.360. The predicted molar refractivity (Wildman–Crippen MR) is 90.6 cm³/mol. The topological polar surface area (TPSA) is 125 Å². The van der Waals surface area contributed by atoms with Crippen molar-refractivity contribution in [3.63, 3.8) is 0 Å². The van der Waals surface area contributed by atoms with Gasteiger partial charge in [0, 0.05) is 0 Å². The second-order valence-corrected chi connectivity index (χ2v) is 6.26. The van der Waals surface area contributed by atoms with Crippen molar-refractivity contribution in [2.45, 2.75) is 32.4 Å². The van der Waals surface area contributed by atoms with E-state index in [1.54, 1.807) is 25.1 Å². The summed E-state index contributed by atoms with van der Waals surface area (Å²) in [5.41, 5.74) is 0.0167. The number of carboxylic acids is 1. The zero-order valence-electron chi connectivity index (χ0n) is 15.0. The molecule has 1 fully saturated rings. The lowest BCUT2D eigenvalue weighted by atomic mass is 9.90. The molecule has 2 rings (SSSR count). The highest BCUT2D eigenvalue weighted by molar-refractivity contribution is 6.09. The van der Waals surface area contributed by atoms with Crippen molar-refractivity contribution >= 4 is 23.8 Å². The third-order valence-electron chi connectivity index (χ3n) is 4.30. The molecular formula is C17H21N3O6. The van der Waals surface area contributed by atoms with Crippen molar-refractivity contribution in [3.8, 4) is 5.75 Å². The molecule has 9 heteroatoms. The quantitative estimate of drug-likeness (QED) is 0.627. The number of aliphatic carboxylic acids is 1. The molecule has 1 heterocycles. The Kier molecular flexibility index (Phi) is 5.20. The van der Waals surface area contributed by atoms with Crippen LogP contribution >= 0.6 is 0 Å². The molecule has 3 N–H and O–H groups in total. The van der Waals surface area contributed by atoms with Crippen LogP contribution in [-0.4, -0.2) is 53.5 Å². The van der Waals surface area contributed by atoms with E-state index in [0.29, 0.717) is 11.3 Å². The molecule has 1 aromatic carbocycles. The molecule has 0 saturated carbocycles. The van der Waals surface area contributed by atoms with E-state index in [2.05, 4.69) is 10.6 Å². The summed E-state index contributed by atoms with van der Waals surface area (Å²) in [5, 5.41) is 13.6. The Labute approximate surface area is 150 Å². The first-order valence-electron chi connectivity index (χ1n) is 7.91. The van der Waals surface area contributed by atoms with Crippen LogP contribution < -0.4 is 15.4 Å². The number of carbonyl (C=O) groups excluding carboxylic acids is 3. The molecule has 4 amide bonds. The molecule has 2 atom stereocenters. The molecule has 26 heavy (non-hydrogen) atoms. The van der Waals surface area contributed by atoms with Crippen LogP contribution in [0.2, 0.25) is 0 Å². The number of nitrogens with one attached hydrogen (secondary N) is 2. The van der Waals surface area contributed by atoms with Gasteiger partial charge in [0.1, 0.15) is 23.9 Å². The molecule has 1 saturated heterocycles. The molecule has 0 aromatic heterocycles. The Balaban J connectivity index is 2.20. The smallest absolute Gasteiger partial charge is 0.325 e. The summed E-state index contributed by atoms with van der Waals surface area (Å²) in [4.78, 5) is 48.5. The van der Waals surface area contributed by atoms with Gasteiger partial charge in [-0.1, -0.05) is 6.07 Å². The Bertz CT molecular complexity index is 778. The molecule has 0 spiro atoms. The summed E-state index contributed by atoms with van der Waals surface area (Å²) in [5.74, 6) is -1.90. The number of carbonyl (C=O) groups is 4. The van der Waals surface area contributed by atoms with Crippen molar-refractivity contribution in [2.24, 2.45) is 0 Å². The van der Waals surface area contributed by atoms with Crippen LogP contribution in [0, 0.1) is 6.92 Å². The minimum Gasteiger partial charge on any atom is -0.496 e. The van der Waals surface area contributed by atoms with Gasteiger partial charge in [0.25, 0.3) is 5.91 Å². The second-order valence-electron chi connectivity index (χ2n) is 6.26. The molecule has 1 aromatic rings. The Hall–Kier alpha value is -3.10. The Morgan fingerprint density at radius 3 is 2.58 bits per heavy atom. The highest BCUT2D eigenvalue weighted by Crippen LogP contribution is 2.31. The number of urea groups is 1. The molecule has 140 valence electrons. The van der Waals surface area contributed by atoms with E-state index in [0.717, 1.165) is 10.5 Å². The fourth-order valence-corrected chi connectivity index (χ4v) is 2.72. The lowest BCUT2D eigenvalue weighted by molar-refractivity contribution is -0.141. The number of amides is 4. The van der Waals surface area contributed by atoms with E-state index in [1.165, 1.54) is 14.0 Å². The van der Waals surface area contributed by atoms with E-state index < -0.39 is 41.9 Å². The molecule has 2 unspecified atom stereocenters. The molecule has 0 bridgehead atoms. The number of benzene rings is 1. The van der Waals surface area contributed by atoms with E-state index in [4.69, 9.17) is 9.84 Å². The summed E-state index contributed by atoms with van der Waals surface area (Å²) < 4.78 is 5.19. The zero-order valence-corrected chi connectivity index (χ0v) is 15.0. The minimum atomic E-state index is -1.33. The first kappa shape index (κ1) is 19.2. The molecule has 0 aliphatic carbocycles. The van der Waals surface area contributed by atoms with Crippen LogP contribution in [0.5, 0.6) is 5.75 Å². The maximum atomic E-state index is 12.8. The van der Waals surface area contributed by atoms with Crippen LogP contribution in [0.15, 0.2) is 18.2 Å². The van der Waals surface area contributed by atoms with Gasteiger partial charge in [-0.15, -0.1) is 0 Å². The van der Waals surface area contributed by atoms with Crippen molar-refractivity contribution < 1.29 is 29.0 Å². The fraction of sp³-hybridized carbons (Fsp3) is 0.412. The number of imide groups is 1. The van der Waals surface area contributed by atoms with Gasteiger partial charge in [0.15, 0.2) is 0 Å². The Morgan fingerprint density at radius 2 is 2.04 bits per heavy atom. The molecule has 1 aliphatic heterocycles. The van der Waals surface area contributed by atoms with Crippen molar-refractivity contribution in [1.29, 1.82) is 0 Å². The number of aryl methyl sites for hydroxylation is 1. The average molecular weight is 363 g/mol. The normalized spacial score (nSPS) is 20.5. The van der Waals surface area contributed by atoms with Crippen molar-refractivity contribution in [3.05, 3.63) is 29.3 Å². The summed E-state index contributed by atoms with van der Waals surface area (Å²) in [6.07, 6.45) is 0. The van der Waals surface area contributed by atoms with Gasteiger partial charge in [-0.2, -0.15) is 0 Å². The number of hydrogen-bond donors (Lipinski definition) is 3. The number of rotatable bonds is 6. The van der Waals surface area contributed by atoms with Crippen LogP contribution in [-0.2, 0) is 19.9 Å². The monoisotopic (exact) mass is 363 g/mol.